The molecule has 26 heavy (non-hydrogen) atoms. The van der Waals surface area contributed by atoms with Crippen LogP contribution in [0.4, 0.5) is 5.69 Å². The highest BCUT2D eigenvalue weighted by Gasteiger charge is 2.14. The molecule has 4 aromatic rings. The van der Waals surface area contributed by atoms with Gasteiger partial charge in [-0.15, -0.1) is 0 Å². The Balaban J connectivity index is 1.62. The zero-order valence-corrected chi connectivity index (χ0v) is 15.1. The molecule has 1 N–H and O–H groups in total. The number of carbonyl (C=O) groups excluding carboxylic acids is 1. The van der Waals surface area contributed by atoms with E-state index in [2.05, 4.69) is 23.3 Å². The molecule has 0 aliphatic rings. The maximum absolute atomic E-state index is 12.6. The average molecular weight is 344 g/mol. The molecule has 0 unspecified atom stereocenters. The fourth-order valence-corrected chi connectivity index (χ4v) is 3.24. The maximum atomic E-state index is 12.6. The van der Waals surface area contributed by atoms with Crippen molar-refractivity contribution in [3.05, 3.63) is 71.1 Å². The number of para-hydroxylation sites is 1. The second kappa shape index (κ2) is 6.30. The molecule has 0 saturated carbocycles. The highest BCUT2D eigenvalue weighted by Crippen LogP contribution is 2.27. The van der Waals surface area contributed by atoms with Gasteiger partial charge in [-0.2, -0.15) is 0 Å². The lowest BCUT2D eigenvalue weighted by atomic mass is 10.0. The molecule has 2 aromatic carbocycles. The number of pyridine rings is 1. The Labute approximate surface area is 151 Å². The van der Waals surface area contributed by atoms with Crippen LogP contribution in [0.3, 0.4) is 0 Å². The summed E-state index contributed by atoms with van der Waals surface area (Å²) in [7, 11) is 0. The van der Waals surface area contributed by atoms with Crippen molar-refractivity contribution in [1.29, 1.82) is 0 Å². The van der Waals surface area contributed by atoms with E-state index < -0.39 is 0 Å². The molecule has 0 spiro atoms. The van der Waals surface area contributed by atoms with Crippen LogP contribution in [0.15, 0.2) is 53.1 Å². The first-order valence-corrected chi connectivity index (χ1v) is 8.65. The van der Waals surface area contributed by atoms with E-state index in [1.54, 1.807) is 6.26 Å². The summed E-state index contributed by atoms with van der Waals surface area (Å²) in [6.07, 6.45) is 1.94. The van der Waals surface area contributed by atoms with Gasteiger partial charge in [0.25, 0.3) is 0 Å². The van der Waals surface area contributed by atoms with Crippen molar-refractivity contribution in [2.24, 2.45) is 0 Å². The second-order valence-electron chi connectivity index (χ2n) is 6.70. The monoisotopic (exact) mass is 344 g/mol. The van der Waals surface area contributed by atoms with E-state index >= 15 is 0 Å². The van der Waals surface area contributed by atoms with Gasteiger partial charge in [0.15, 0.2) is 0 Å². The number of hydrogen-bond donors (Lipinski definition) is 1. The van der Waals surface area contributed by atoms with Crippen LogP contribution in [0, 0.1) is 20.8 Å². The average Bonchev–Trinajstić information content (AvgIpc) is 3.02. The number of amides is 1. The van der Waals surface area contributed by atoms with Crippen molar-refractivity contribution in [3.63, 3.8) is 0 Å². The molecule has 0 atom stereocenters. The number of nitrogens with one attached hydrogen (secondary N) is 1. The molecular formula is C22H20N2O2. The maximum Gasteiger partial charge on any atom is 0.228 e. The van der Waals surface area contributed by atoms with Crippen molar-refractivity contribution in [2.75, 3.05) is 5.32 Å². The van der Waals surface area contributed by atoms with Crippen LogP contribution in [0.25, 0.3) is 21.9 Å². The van der Waals surface area contributed by atoms with E-state index in [1.807, 2.05) is 50.2 Å². The Morgan fingerprint density at radius 1 is 1.08 bits per heavy atom. The number of rotatable bonds is 3. The number of furan rings is 1. The summed E-state index contributed by atoms with van der Waals surface area (Å²) in [6.45, 7) is 6.04. The third-order valence-electron chi connectivity index (χ3n) is 4.83. The van der Waals surface area contributed by atoms with Crippen LogP contribution in [0.1, 0.15) is 22.4 Å². The smallest absolute Gasteiger partial charge is 0.228 e. The number of aromatic nitrogens is 1. The molecular weight excluding hydrogens is 324 g/mol. The van der Waals surface area contributed by atoms with Gasteiger partial charge in [0.1, 0.15) is 5.58 Å². The van der Waals surface area contributed by atoms with Crippen LogP contribution >= 0.6 is 0 Å². The zero-order valence-electron chi connectivity index (χ0n) is 15.1. The summed E-state index contributed by atoms with van der Waals surface area (Å²) >= 11 is 0. The highest BCUT2D eigenvalue weighted by atomic mass is 16.3. The number of nitrogens with zero attached hydrogens (tertiary/aromatic N) is 1. The van der Waals surface area contributed by atoms with Crippen LogP contribution in [0.5, 0.6) is 0 Å². The minimum Gasteiger partial charge on any atom is -0.464 e. The van der Waals surface area contributed by atoms with Gasteiger partial charge in [-0.05, 0) is 44.0 Å². The predicted molar refractivity (Wildman–Crippen MR) is 105 cm³/mol. The van der Waals surface area contributed by atoms with Crippen LogP contribution < -0.4 is 5.32 Å². The number of benzene rings is 2. The van der Waals surface area contributed by atoms with E-state index in [9.17, 15) is 4.79 Å². The summed E-state index contributed by atoms with van der Waals surface area (Å²) in [5.41, 5.74) is 6.51. The topological polar surface area (TPSA) is 55.1 Å². The van der Waals surface area contributed by atoms with Crippen molar-refractivity contribution in [3.8, 4) is 0 Å². The Morgan fingerprint density at radius 3 is 2.77 bits per heavy atom. The number of hydrogen-bond acceptors (Lipinski definition) is 3. The van der Waals surface area contributed by atoms with Gasteiger partial charge in [0.05, 0.1) is 23.9 Å². The third-order valence-corrected chi connectivity index (χ3v) is 4.83. The lowest BCUT2D eigenvalue weighted by molar-refractivity contribution is -0.115. The number of anilines is 1. The number of fused-ring (bicyclic) bond motifs is 2. The minimum atomic E-state index is -0.0817. The van der Waals surface area contributed by atoms with Gasteiger partial charge in [-0.3, -0.25) is 9.78 Å². The molecule has 2 aromatic heterocycles. The van der Waals surface area contributed by atoms with Crippen LogP contribution in [-0.2, 0) is 11.2 Å². The van der Waals surface area contributed by atoms with Crippen molar-refractivity contribution in [1.82, 2.24) is 4.98 Å². The van der Waals surface area contributed by atoms with Gasteiger partial charge in [-0.25, -0.2) is 0 Å². The van der Waals surface area contributed by atoms with Crippen molar-refractivity contribution >= 4 is 33.5 Å². The van der Waals surface area contributed by atoms with Gasteiger partial charge in [-0.1, -0.05) is 30.3 Å². The van der Waals surface area contributed by atoms with Gasteiger partial charge < -0.3 is 9.73 Å². The summed E-state index contributed by atoms with van der Waals surface area (Å²) in [5, 5.41) is 5.00. The molecule has 0 saturated heterocycles. The quantitative estimate of drug-likeness (QED) is 0.563. The normalized spacial score (nSPS) is 11.2. The SMILES string of the molecule is Cc1ccc2cccc(NC(=O)Cc3coc4c(C)c(C)ccc34)c2n1. The van der Waals surface area contributed by atoms with Crippen LogP contribution in [0.2, 0.25) is 0 Å². The van der Waals surface area contributed by atoms with Gasteiger partial charge in [0, 0.05) is 22.0 Å². The number of carbonyl (C=O) groups is 1. The highest BCUT2D eigenvalue weighted by molar-refractivity contribution is 6.02. The van der Waals surface area contributed by atoms with E-state index in [-0.39, 0.29) is 12.3 Å². The van der Waals surface area contributed by atoms with Gasteiger partial charge in [0.2, 0.25) is 5.91 Å². The van der Waals surface area contributed by atoms with E-state index in [1.165, 1.54) is 5.56 Å². The van der Waals surface area contributed by atoms with E-state index in [0.717, 1.165) is 44.4 Å². The lowest BCUT2D eigenvalue weighted by Gasteiger charge is -2.08. The summed E-state index contributed by atoms with van der Waals surface area (Å²) in [4.78, 5) is 17.2. The minimum absolute atomic E-state index is 0.0817. The Bertz CT molecular complexity index is 1140. The summed E-state index contributed by atoms with van der Waals surface area (Å²) < 4.78 is 5.71. The first-order valence-electron chi connectivity index (χ1n) is 8.65. The first kappa shape index (κ1) is 16.3. The standard InChI is InChI=1S/C22H20N2O2/c1-13-7-10-18-17(12-26-22(18)15(13)3)11-20(25)24-19-6-4-5-16-9-8-14(2)23-21(16)19/h4-10,12H,11H2,1-3H3,(H,24,25). The fraction of sp³-hybridized carbons (Fsp3) is 0.182. The molecule has 0 aliphatic heterocycles. The first-order chi connectivity index (χ1) is 12.5. The second-order valence-corrected chi connectivity index (χ2v) is 6.70. The molecule has 0 aliphatic carbocycles. The van der Waals surface area contributed by atoms with Gasteiger partial charge >= 0.3 is 0 Å². The molecule has 4 heteroatoms. The molecule has 4 nitrogen and oxygen atoms in total. The lowest BCUT2D eigenvalue weighted by Crippen LogP contribution is -2.14. The Morgan fingerprint density at radius 2 is 1.92 bits per heavy atom. The Kier molecular flexibility index (Phi) is 3.96. The molecule has 130 valence electrons. The molecule has 0 radical (unpaired) electrons. The largest absolute Gasteiger partial charge is 0.464 e. The molecule has 0 fully saturated rings. The summed E-state index contributed by atoms with van der Waals surface area (Å²) in [5.74, 6) is -0.0817. The molecule has 2 heterocycles. The third kappa shape index (κ3) is 2.84. The summed E-state index contributed by atoms with van der Waals surface area (Å²) in [6, 6.07) is 13.9. The molecule has 1 amide bonds. The van der Waals surface area contributed by atoms with Crippen molar-refractivity contribution < 1.29 is 9.21 Å². The molecule has 0 bridgehead atoms. The molecule has 4 rings (SSSR count). The zero-order chi connectivity index (χ0) is 18.3. The predicted octanol–water partition coefficient (Wildman–Crippen LogP) is 5.09. The Hall–Kier alpha value is -3.14. The van der Waals surface area contributed by atoms with Crippen molar-refractivity contribution in [2.45, 2.75) is 27.2 Å². The van der Waals surface area contributed by atoms with E-state index in [4.69, 9.17) is 4.42 Å². The van der Waals surface area contributed by atoms with E-state index in [0.29, 0.717) is 0 Å². The fourth-order valence-electron chi connectivity index (χ4n) is 3.24. The number of aryl methyl sites for hydroxylation is 3. The van der Waals surface area contributed by atoms with Crippen LogP contribution in [-0.4, -0.2) is 10.9 Å².